The zero-order chi connectivity index (χ0) is 15.6. The van der Waals surface area contributed by atoms with Crippen LogP contribution < -0.4 is 4.74 Å². The molecule has 0 radical (unpaired) electrons. The molecule has 0 bridgehead atoms. The first kappa shape index (κ1) is 15.0. The van der Waals surface area contributed by atoms with Crippen LogP contribution in [0.5, 0.6) is 5.75 Å². The molecular weight excluding hydrogens is 294 g/mol. The average Bonchev–Trinajstić information content (AvgIpc) is 2.44. The molecule has 6 heteroatoms. The van der Waals surface area contributed by atoms with Crippen LogP contribution in [0.4, 0.5) is 5.69 Å². The maximum Gasteiger partial charge on any atom is 0.343 e. The summed E-state index contributed by atoms with van der Waals surface area (Å²) in [5.74, 6) is -0.191. The fraction of sp³-hybridized carbons (Fsp3) is 0.133. The first-order chi connectivity index (χ1) is 9.88. The molecule has 0 aliphatic heterocycles. The van der Waals surface area contributed by atoms with Crippen molar-refractivity contribution in [3.8, 4) is 5.75 Å². The molecular formula is C15H12ClNO4. The number of rotatable bonds is 3. The number of halogens is 1. The number of aryl methyl sites for hydroxylation is 2. The molecule has 2 aromatic rings. The van der Waals surface area contributed by atoms with E-state index in [1.807, 2.05) is 13.8 Å². The summed E-state index contributed by atoms with van der Waals surface area (Å²) in [6.07, 6.45) is 0. The van der Waals surface area contributed by atoms with Crippen molar-refractivity contribution < 1.29 is 14.5 Å². The summed E-state index contributed by atoms with van der Waals surface area (Å²) in [6.45, 7) is 3.64. The predicted octanol–water partition coefficient (Wildman–Crippen LogP) is 4.08. The van der Waals surface area contributed by atoms with E-state index in [1.165, 1.54) is 24.3 Å². The van der Waals surface area contributed by atoms with Crippen molar-refractivity contribution in [1.29, 1.82) is 0 Å². The second-order valence-corrected chi connectivity index (χ2v) is 4.94. The molecule has 21 heavy (non-hydrogen) atoms. The second-order valence-electron chi connectivity index (χ2n) is 4.56. The van der Waals surface area contributed by atoms with Crippen molar-refractivity contribution in [1.82, 2.24) is 0 Å². The van der Waals surface area contributed by atoms with Crippen molar-refractivity contribution in [3.63, 3.8) is 0 Å². The monoisotopic (exact) mass is 305 g/mol. The molecule has 0 fully saturated rings. The molecule has 5 nitrogen and oxygen atoms in total. The lowest BCUT2D eigenvalue weighted by Gasteiger charge is -2.08. The quantitative estimate of drug-likeness (QED) is 0.371. The highest BCUT2D eigenvalue weighted by Crippen LogP contribution is 2.26. The number of hydrogen-bond acceptors (Lipinski definition) is 4. The zero-order valence-corrected chi connectivity index (χ0v) is 12.2. The van der Waals surface area contributed by atoms with Crippen LogP contribution in [0.15, 0.2) is 36.4 Å². The fourth-order valence-corrected chi connectivity index (χ4v) is 1.96. The molecule has 2 rings (SSSR count). The van der Waals surface area contributed by atoms with Crippen molar-refractivity contribution in [2.24, 2.45) is 0 Å². The second kappa shape index (κ2) is 5.93. The van der Waals surface area contributed by atoms with Gasteiger partial charge in [-0.25, -0.2) is 4.79 Å². The summed E-state index contributed by atoms with van der Waals surface area (Å²) in [6, 6.07) is 8.56. The summed E-state index contributed by atoms with van der Waals surface area (Å²) in [5.41, 5.74) is 1.78. The number of esters is 1. The first-order valence-corrected chi connectivity index (χ1v) is 6.49. The topological polar surface area (TPSA) is 69.4 Å². The van der Waals surface area contributed by atoms with Gasteiger partial charge < -0.3 is 4.74 Å². The van der Waals surface area contributed by atoms with Gasteiger partial charge in [-0.05, 0) is 49.2 Å². The Morgan fingerprint density at radius 3 is 2.14 bits per heavy atom. The SMILES string of the molecule is Cc1cc(OC(=O)c2ccc([N+](=O)[O-])cc2)cc(C)c1Cl. The highest BCUT2D eigenvalue weighted by atomic mass is 35.5. The number of non-ortho nitro benzene ring substituents is 1. The minimum Gasteiger partial charge on any atom is -0.423 e. The Morgan fingerprint density at radius 2 is 1.67 bits per heavy atom. The van der Waals surface area contributed by atoms with E-state index in [9.17, 15) is 14.9 Å². The lowest BCUT2D eigenvalue weighted by atomic mass is 10.1. The molecule has 0 saturated carbocycles. The van der Waals surface area contributed by atoms with Gasteiger partial charge in [0.25, 0.3) is 5.69 Å². The van der Waals surface area contributed by atoms with Crippen LogP contribution in [0.2, 0.25) is 5.02 Å². The highest BCUT2D eigenvalue weighted by Gasteiger charge is 2.12. The van der Waals surface area contributed by atoms with Gasteiger partial charge >= 0.3 is 5.97 Å². The van der Waals surface area contributed by atoms with Crippen LogP contribution in [-0.4, -0.2) is 10.9 Å². The van der Waals surface area contributed by atoms with Gasteiger partial charge in [-0.3, -0.25) is 10.1 Å². The Kier molecular flexibility index (Phi) is 4.23. The Balaban J connectivity index is 2.20. The molecule has 0 atom stereocenters. The largest absolute Gasteiger partial charge is 0.423 e. The predicted molar refractivity (Wildman–Crippen MR) is 79.0 cm³/mol. The number of carbonyl (C=O) groups is 1. The number of nitrogens with zero attached hydrogens (tertiary/aromatic N) is 1. The lowest BCUT2D eigenvalue weighted by molar-refractivity contribution is -0.384. The average molecular weight is 306 g/mol. The van der Waals surface area contributed by atoms with Gasteiger partial charge in [0.1, 0.15) is 5.75 Å². The molecule has 0 heterocycles. The maximum atomic E-state index is 12.0. The smallest absolute Gasteiger partial charge is 0.343 e. The Bertz CT molecular complexity index is 687. The van der Waals surface area contributed by atoms with Crippen molar-refractivity contribution in [2.45, 2.75) is 13.8 Å². The van der Waals surface area contributed by atoms with Crippen molar-refractivity contribution in [2.75, 3.05) is 0 Å². The van der Waals surface area contributed by atoms with Gasteiger partial charge in [-0.1, -0.05) is 11.6 Å². The fourth-order valence-electron chi connectivity index (χ4n) is 1.85. The molecule has 0 amide bonds. The van der Waals surface area contributed by atoms with Gasteiger partial charge in [-0.2, -0.15) is 0 Å². The molecule has 0 aliphatic rings. The summed E-state index contributed by atoms with van der Waals surface area (Å²) in [4.78, 5) is 22.0. The summed E-state index contributed by atoms with van der Waals surface area (Å²) >= 11 is 6.05. The number of carbonyl (C=O) groups excluding carboxylic acids is 1. The molecule has 0 N–H and O–H groups in total. The van der Waals surface area contributed by atoms with Crippen molar-refractivity contribution >= 4 is 23.3 Å². The highest BCUT2D eigenvalue weighted by molar-refractivity contribution is 6.32. The van der Waals surface area contributed by atoms with E-state index in [2.05, 4.69) is 0 Å². The van der Waals surface area contributed by atoms with Crippen LogP contribution in [0.3, 0.4) is 0 Å². The van der Waals surface area contributed by atoms with Gasteiger partial charge in [-0.15, -0.1) is 0 Å². The number of benzene rings is 2. The lowest BCUT2D eigenvalue weighted by Crippen LogP contribution is -2.08. The summed E-state index contributed by atoms with van der Waals surface area (Å²) in [7, 11) is 0. The number of hydrogen-bond donors (Lipinski definition) is 0. The van der Waals surface area contributed by atoms with E-state index in [0.29, 0.717) is 10.8 Å². The molecule has 0 aliphatic carbocycles. The van der Waals surface area contributed by atoms with E-state index < -0.39 is 10.9 Å². The van der Waals surface area contributed by atoms with Crippen LogP contribution in [0.25, 0.3) is 0 Å². The molecule has 0 spiro atoms. The standard InChI is InChI=1S/C15H12ClNO4/c1-9-7-13(8-10(2)14(9)16)21-15(18)11-3-5-12(6-4-11)17(19)20/h3-8H,1-2H3. The van der Waals surface area contributed by atoms with E-state index in [0.717, 1.165) is 11.1 Å². The van der Waals surface area contributed by atoms with Gasteiger partial charge in [0, 0.05) is 17.2 Å². The van der Waals surface area contributed by atoms with Gasteiger partial charge in [0.05, 0.1) is 10.5 Å². The number of nitro groups is 1. The Hall–Kier alpha value is -2.40. The van der Waals surface area contributed by atoms with Crippen LogP contribution >= 0.6 is 11.6 Å². The van der Waals surface area contributed by atoms with E-state index in [1.54, 1.807) is 12.1 Å². The zero-order valence-electron chi connectivity index (χ0n) is 11.4. The normalized spacial score (nSPS) is 10.2. The van der Waals surface area contributed by atoms with E-state index in [-0.39, 0.29) is 11.3 Å². The Labute approximate surface area is 126 Å². The minimum absolute atomic E-state index is 0.0790. The molecule has 0 saturated heterocycles. The van der Waals surface area contributed by atoms with Gasteiger partial charge in [0.15, 0.2) is 0 Å². The van der Waals surface area contributed by atoms with E-state index in [4.69, 9.17) is 16.3 Å². The Morgan fingerprint density at radius 1 is 1.14 bits per heavy atom. The molecule has 2 aromatic carbocycles. The third-order valence-electron chi connectivity index (χ3n) is 2.93. The van der Waals surface area contributed by atoms with Crippen LogP contribution in [0, 0.1) is 24.0 Å². The first-order valence-electron chi connectivity index (χ1n) is 6.12. The van der Waals surface area contributed by atoms with Crippen LogP contribution in [-0.2, 0) is 0 Å². The van der Waals surface area contributed by atoms with Crippen molar-refractivity contribution in [3.05, 3.63) is 68.2 Å². The minimum atomic E-state index is -0.578. The summed E-state index contributed by atoms with van der Waals surface area (Å²) in [5, 5.41) is 11.2. The summed E-state index contributed by atoms with van der Waals surface area (Å²) < 4.78 is 5.25. The van der Waals surface area contributed by atoms with Crippen LogP contribution in [0.1, 0.15) is 21.5 Å². The molecule has 108 valence electrons. The molecule has 0 unspecified atom stereocenters. The number of ether oxygens (including phenoxy) is 1. The molecule has 0 aromatic heterocycles. The third-order valence-corrected chi connectivity index (χ3v) is 3.53. The number of nitro benzene ring substituents is 1. The third kappa shape index (κ3) is 3.38. The van der Waals surface area contributed by atoms with E-state index >= 15 is 0 Å². The van der Waals surface area contributed by atoms with Gasteiger partial charge in [0.2, 0.25) is 0 Å². The maximum absolute atomic E-state index is 12.0.